The molecule has 10 nitrogen and oxygen atoms in total. The molecule has 1 aromatic heterocycles. The summed E-state index contributed by atoms with van der Waals surface area (Å²) in [6.07, 6.45) is 2.81. The Balaban J connectivity index is 1.76. The molecular formula is C31H46N6O4. The first-order chi connectivity index (χ1) is 19.4. The zero-order valence-corrected chi connectivity index (χ0v) is 25.2. The van der Waals surface area contributed by atoms with Gasteiger partial charge in [-0.05, 0) is 83.5 Å². The van der Waals surface area contributed by atoms with E-state index in [1.54, 1.807) is 13.2 Å². The number of hydrogen-bond donors (Lipinski definition) is 5. The average Bonchev–Trinajstić information content (AvgIpc) is 3.53. The van der Waals surface area contributed by atoms with Gasteiger partial charge < -0.3 is 31.0 Å². The van der Waals surface area contributed by atoms with Crippen LogP contribution >= 0.6 is 0 Å². The van der Waals surface area contributed by atoms with E-state index in [0.29, 0.717) is 43.7 Å². The third-order valence-electron chi connectivity index (χ3n) is 7.45. The number of amides is 3. The molecule has 1 aliphatic heterocycles. The van der Waals surface area contributed by atoms with Gasteiger partial charge in [0.25, 0.3) is 5.91 Å². The molecule has 3 amide bonds. The van der Waals surface area contributed by atoms with Crippen LogP contribution in [0.3, 0.4) is 0 Å². The third-order valence-corrected chi connectivity index (χ3v) is 7.45. The molecule has 0 saturated carbocycles. The van der Waals surface area contributed by atoms with Crippen LogP contribution in [0.2, 0.25) is 0 Å². The highest BCUT2D eigenvalue weighted by Gasteiger charge is 2.34. The number of rotatable bonds is 14. The number of ether oxygens (including phenoxy) is 1. The summed E-state index contributed by atoms with van der Waals surface area (Å²) in [5.74, 6) is -0.750. The first-order valence-electron chi connectivity index (χ1n) is 14.6. The summed E-state index contributed by atoms with van der Waals surface area (Å²) in [7, 11) is 1.58. The van der Waals surface area contributed by atoms with Crippen molar-refractivity contribution in [2.75, 3.05) is 20.2 Å². The van der Waals surface area contributed by atoms with Crippen LogP contribution in [0.4, 0.5) is 0 Å². The number of benzene rings is 1. The van der Waals surface area contributed by atoms with Gasteiger partial charge in [0.15, 0.2) is 0 Å². The van der Waals surface area contributed by atoms with E-state index in [1.165, 1.54) is 0 Å². The molecule has 0 bridgehead atoms. The van der Waals surface area contributed by atoms with Gasteiger partial charge in [-0.2, -0.15) is 5.26 Å². The Morgan fingerprint density at radius 1 is 1.22 bits per heavy atom. The van der Waals surface area contributed by atoms with Crippen LogP contribution in [0, 0.1) is 29.1 Å². The van der Waals surface area contributed by atoms with Crippen molar-refractivity contribution in [3.8, 4) is 11.8 Å². The molecule has 0 spiro atoms. The molecule has 3 rings (SSSR count). The Bertz CT molecular complexity index is 1240. The lowest BCUT2D eigenvalue weighted by Crippen LogP contribution is -2.52. The summed E-state index contributed by atoms with van der Waals surface area (Å²) in [4.78, 5) is 42.5. The fraction of sp³-hybridized carbons (Fsp3) is 0.613. The van der Waals surface area contributed by atoms with Crippen molar-refractivity contribution in [1.29, 1.82) is 5.26 Å². The predicted octanol–water partition coefficient (Wildman–Crippen LogP) is 3.64. The zero-order chi connectivity index (χ0) is 30.2. The fourth-order valence-electron chi connectivity index (χ4n) is 5.29. The summed E-state index contributed by atoms with van der Waals surface area (Å²) in [5.41, 5.74) is 1.05. The molecule has 5 N–H and O–H groups in total. The highest BCUT2D eigenvalue weighted by atomic mass is 16.5. The molecule has 1 aliphatic rings. The van der Waals surface area contributed by atoms with E-state index in [-0.39, 0.29) is 29.2 Å². The van der Waals surface area contributed by atoms with Crippen LogP contribution in [-0.4, -0.2) is 60.5 Å². The van der Waals surface area contributed by atoms with Crippen LogP contribution in [0.25, 0.3) is 10.9 Å². The van der Waals surface area contributed by atoms with E-state index in [9.17, 15) is 19.6 Å². The number of nitriles is 1. The molecule has 1 unspecified atom stereocenters. The van der Waals surface area contributed by atoms with Crippen molar-refractivity contribution in [2.24, 2.45) is 17.8 Å². The van der Waals surface area contributed by atoms with Crippen LogP contribution in [0.5, 0.6) is 5.75 Å². The van der Waals surface area contributed by atoms with Gasteiger partial charge in [0.05, 0.1) is 19.1 Å². The van der Waals surface area contributed by atoms with Crippen molar-refractivity contribution in [1.82, 2.24) is 26.3 Å². The van der Waals surface area contributed by atoms with Gasteiger partial charge in [0, 0.05) is 34.9 Å². The lowest BCUT2D eigenvalue weighted by Gasteiger charge is -2.29. The number of H-pyrrole nitrogens is 1. The molecule has 0 radical (unpaired) electrons. The van der Waals surface area contributed by atoms with Gasteiger partial charge in [0.2, 0.25) is 11.8 Å². The Morgan fingerprint density at radius 2 is 1.98 bits per heavy atom. The molecule has 0 aliphatic carbocycles. The van der Waals surface area contributed by atoms with Crippen molar-refractivity contribution < 1.29 is 19.1 Å². The predicted molar refractivity (Wildman–Crippen MR) is 159 cm³/mol. The number of carbonyl (C=O) groups is 3. The highest BCUT2D eigenvalue weighted by Crippen LogP contribution is 2.26. The summed E-state index contributed by atoms with van der Waals surface area (Å²) >= 11 is 0. The smallest absolute Gasteiger partial charge is 0.268 e. The quantitative estimate of drug-likeness (QED) is 0.221. The van der Waals surface area contributed by atoms with E-state index >= 15 is 0 Å². The summed E-state index contributed by atoms with van der Waals surface area (Å²) in [5, 5.41) is 23.1. The van der Waals surface area contributed by atoms with Gasteiger partial charge in [-0.15, -0.1) is 0 Å². The minimum Gasteiger partial charge on any atom is -0.496 e. The SMILES string of the molecule is COc1cccc2[nH]c(C(=O)N[C@@H](CC(C)C)C(=O)N[C@@H](C[C@@H]3CCNC3=O)C(C#N)CCCNC(C)(C)C)cc12. The average molecular weight is 567 g/mol. The maximum absolute atomic E-state index is 13.7. The number of aromatic amines is 1. The number of hydrogen-bond acceptors (Lipinski definition) is 6. The highest BCUT2D eigenvalue weighted by molar-refractivity contribution is 6.01. The molecule has 1 aromatic carbocycles. The molecule has 4 atom stereocenters. The Morgan fingerprint density at radius 3 is 2.59 bits per heavy atom. The third kappa shape index (κ3) is 9.22. The lowest BCUT2D eigenvalue weighted by molar-refractivity contribution is -0.126. The number of nitrogens with one attached hydrogen (secondary N) is 5. The second-order valence-electron chi connectivity index (χ2n) is 12.4. The molecule has 10 heteroatoms. The van der Waals surface area contributed by atoms with E-state index in [1.807, 2.05) is 32.0 Å². The van der Waals surface area contributed by atoms with Gasteiger partial charge >= 0.3 is 0 Å². The van der Waals surface area contributed by atoms with Gasteiger partial charge in [0.1, 0.15) is 17.5 Å². The fourth-order valence-corrected chi connectivity index (χ4v) is 5.29. The summed E-state index contributed by atoms with van der Waals surface area (Å²) in [6.45, 7) is 11.6. The summed E-state index contributed by atoms with van der Waals surface area (Å²) < 4.78 is 5.41. The first-order valence-corrected chi connectivity index (χ1v) is 14.6. The minimum absolute atomic E-state index is 0.0317. The maximum atomic E-state index is 13.7. The normalized spacial score (nSPS) is 17.5. The number of carbonyl (C=O) groups excluding carboxylic acids is 3. The molecule has 41 heavy (non-hydrogen) atoms. The summed E-state index contributed by atoms with van der Waals surface area (Å²) in [6, 6.07) is 8.30. The molecule has 1 fully saturated rings. The van der Waals surface area contributed by atoms with Crippen molar-refractivity contribution in [3.63, 3.8) is 0 Å². The van der Waals surface area contributed by atoms with Crippen LogP contribution in [0.1, 0.15) is 77.2 Å². The van der Waals surface area contributed by atoms with Gasteiger partial charge in [-0.3, -0.25) is 14.4 Å². The van der Waals surface area contributed by atoms with E-state index in [4.69, 9.17) is 4.74 Å². The Kier molecular flexibility index (Phi) is 11.2. The molecule has 224 valence electrons. The Labute approximate surface area is 243 Å². The van der Waals surface area contributed by atoms with Crippen LogP contribution < -0.4 is 26.0 Å². The Hall–Kier alpha value is -3.58. The largest absolute Gasteiger partial charge is 0.496 e. The molecule has 2 aromatic rings. The van der Waals surface area contributed by atoms with Crippen molar-refractivity contribution in [2.45, 2.75) is 84.3 Å². The topological polar surface area (TPSA) is 148 Å². The second kappa shape index (κ2) is 14.4. The van der Waals surface area contributed by atoms with E-state index < -0.39 is 23.9 Å². The first kappa shape index (κ1) is 31.9. The molecular weight excluding hydrogens is 520 g/mol. The zero-order valence-electron chi connectivity index (χ0n) is 25.2. The maximum Gasteiger partial charge on any atom is 0.268 e. The minimum atomic E-state index is -0.808. The number of nitrogens with zero attached hydrogens (tertiary/aromatic N) is 1. The lowest BCUT2D eigenvalue weighted by atomic mass is 9.87. The number of aromatic nitrogens is 1. The standard InChI is InChI=1S/C31H46N6O4/c1-19(2)15-25(37-30(40)26-17-22-23(35-26)10-7-11-27(22)41-6)29(39)36-24(16-20-12-14-33-28(20)38)21(18-32)9-8-13-34-31(3,4)5/h7,10-11,17,19-21,24-25,34-35H,8-9,12-16H2,1-6H3,(H,33,38)(H,36,39)(H,37,40)/t20-,21?,24-,25-/m0/s1. The second-order valence-corrected chi connectivity index (χ2v) is 12.4. The number of fused-ring (bicyclic) bond motifs is 1. The van der Waals surface area contributed by atoms with Gasteiger partial charge in [-0.1, -0.05) is 19.9 Å². The number of methoxy groups -OCH3 is 1. The van der Waals surface area contributed by atoms with E-state index in [0.717, 1.165) is 23.9 Å². The van der Waals surface area contributed by atoms with Crippen molar-refractivity contribution in [3.05, 3.63) is 30.0 Å². The molecule has 1 saturated heterocycles. The van der Waals surface area contributed by atoms with E-state index in [2.05, 4.69) is 53.1 Å². The van der Waals surface area contributed by atoms with Crippen LogP contribution in [-0.2, 0) is 9.59 Å². The van der Waals surface area contributed by atoms with Crippen molar-refractivity contribution >= 4 is 28.6 Å². The monoisotopic (exact) mass is 566 g/mol. The van der Waals surface area contributed by atoms with Crippen LogP contribution in [0.15, 0.2) is 24.3 Å². The van der Waals surface area contributed by atoms with Gasteiger partial charge in [-0.25, -0.2) is 0 Å². The molecule has 2 heterocycles.